The monoisotopic (exact) mass is 299 g/mol. The van der Waals surface area contributed by atoms with Gasteiger partial charge in [-0.2, -0.15) is 0 Å². The molecule has 1 aliphatic rings. The molecular formula is C15H26ClNOSi. The topological polar surface area (TPSA) is 35.2 Å². The molecule has 2 N–H and O–H groups in total. The molecule has 0 radical (unpaired) electrons. The van der Waals surface area contributed by atoms with E-state index in [1.165, 1.54) is 31.2 Å². The minimum atomic E-state index is -1.50. The van der Waals surface area contributed by atoms with E-state index in [0.717, 1.165) is 5.75 Å². The van der Waals surface area contributed by atoms with Gasteiger partial charge in [0.25, 0.3) is 0 Å². The number of halogens is 1. The number of hydrogen-bond donors (Lipinski definition) is 1. The van der Waals surface area contributed by atoms with Gasteiger partial charge >= 0.3 is 0 Å². The highest BCUT2D eigenvalue weighted by Crippen LogP contribution is 2.34. The summed E-state index contributed by atoms with van der Waals surface area (Å²) in [5.41, 5.74) is 7.60. The smallest absolute Gasteiger partial charge is 0.242 e. The molecule has 4 heteroatoms. The van der Waals surface area contributed by atoms with Crippen molar-refractivity contribution in [2.24, 2.45) is 11.7 Å². The Morgan fingerprint density at radius 1 is 1.11 bits per heavy atom. The van der Waals surface area contributed by atoms with Crippen LogP contribution in [-0.4, -0.2) is 8.32 Å². The van der Waals surface area contributed by atoms with E-state index < -0.39 is 8.32 Å². The van der Waals surface area contributed by atoms with Crippen molar-refractivity contribution in [2.45, 2.75) is 51.4 Å². The van der Waals surface area contributed by atoms with E-state index in [1.807, 2.05) is 0 Å². The summed E-state index contributed by atoms with van der Waals surface area (Å²) >= 11 is 0. The van der Waals surface area contributed by atoms with E-state index in [2.05, 4.69) is 43.9 Å². The van der Waals surface area contributed by atoms with Gasteiger partial charge in [0.15, 0.2) is 0 Å². The molecule has 0 spiro atoms. The lowest BCUT2D eigenvalue weighted by atomic mass is 9.92. The van der Waals surface area contributed by atoms with Crippen LogP contribution in [0.2, 0.25) is 19.6 Å². The molecule has 0 aliphatic heterocycles. The first-order chi connectivity index (χ1) is 8.46. The van der Waals surface area contributed by atoms with E-state index in [9.17, 15) is 0 Å². The zero-order valence-electron chi connectivity index (χ0n) is 12.2. The molecule has 1 fully saturated rings. The molecule has 1 saturated carbocycles. The Labute approximate surface area is 124 Å². The van der Waals surface area contributed by atoms with Crippen molar-refractivity contribution in [3.63, 3.8) is 0 Å². The van der Waals surface area contributed by atoms with Crippen LogP contribution < -0.4 is 10.2 Å². The van der Waals surface area contributed by atoms with Gasteiger partial charge in [-0.25, -0.2) is 0 Å². The van der Waals surface area contributed by atoms with Crippen molar-refractivity contribution >= 4 is 20.7 Å². The predicted molar refractivity (Wildman–Crippen MR) is 86.6 cm³/mol. The third-order valence-corrected chi connectivity index (χ3v) is 4.44. The Bertz CT molecular complexity index is 382. The molecule has 1 aliphatic carbocycles. The van der Waals surface area contributed by atoms with Crippen LogP contribution in [0, 0.1) is 5.92 Å². The SMILES string of the molecule is C[Si](C)(C)Oc1ccc([C@H](N)C2CCCC2)cc1.Cl. The lowest BCUT2D eigenvalue weighted by Crippen LogP contribution is -2.29. The summed E-state index contributed by atoms with van der Waals surface area (Å²) in [5, 5.41) is 0. The first-order valence-corrected chi connectivity index (χ1v) is 10.4. The van der Waals surface area contributed by atoms with Crippen LogP contribution in [0.25, 0.3) is 0 Å². The molecule has 0 saturated heterocycles. The number of nitrogens with two attached hydrogens (primary N) is 1. The van der Waals surface area contributed by atoms with Gasteiger partial charge in [0, 0.05) is 6.04 Å². The third kappa shape index (κ3) is 4.82. The summed E-state index contributed by atoms with van der Waals surface area (Å²) in [7, 11) is -1.50. The zero-order valence-corrected chi connectivity index (χ0v) is 14.0. The average Bonchev–Trinajstić information content (AvgIpc) is 2.80. The quantitative estimate of drug-likeness (QED) is 0.830. The first kappa shape index (κ1) is 16.5. The van der Waals surface area contributed by atoms with E-state index in [4.69, 9.17) is 10.2 Å². The standard InChI is InChI=1S/C15H25NOSi.ClH/c1-18(2,3)17-14-10-8-13(9-11-14)15(16)12-6-4-5-7-12;/h8-12,15H,4-7,16H2,1-3H3;1H/t15-;/m1./s1. The van der Waals surface area contributed by atoms with Crippen molar-refractivity contribution in [1.82, 2.24) is 0 Å². The highest BCUT2D eigenvalue weighted by atomic mass is 35.5. The van der Waals surface area contributed by atoms with Crippen LogP contribution >= 0.6 is 12.4 Å². The van der Waals surface area contributed by atoms with Crippen molar-refractivity contribution in [2.75, 3.05) is 0 Å². The highest BCUT2D eigenvalue weighted by molar-refractivity contribution is 6.70. The molecule has 0 unspecified atom stereocenters. The molecule has 0 amide bonds. The number of benzene rings is 1. The fraction of sp³-hybridized carbons (Fsp3) is 0.600. The first-order valence-electron chi connectivity index (χ1n) is 7.00. The van der Waals surface area contributed by atoms with E-state index in [0.29, 0.717) is 5.92 Å². The van der Waals surface area contributed by atoms with Crippen molar-refractivity contribution in [3.8, 4) is 5.75 Å². The highest BCUT2D eigenvalue weighted by Gasteiger charge is 2.23. The summed E-state index contributed by atoms with van der Waals surface area (Å²) in [6.07, 6.45) is 5.26. The van der Waals surface area contributed by atoms with Crippen molar-refractivity contribution in [3.05, 3.63) is 29.8 Å². The molecular weight excluding hydrogens is 274 g/mol. The van der Waals surface area contributed by atoms with Gasteiger partial charge < -0.3 is 10.2 Å². The summed E-state index contributed by atoms with van der Waals surface area (Å²) in [6, 6.07) is 8.62. The Balaban J connectivity index is 0.00000180. The maximum atomic E-state index is 6.35. The maximum Gasteiger partial charge on any atom is 0.242 e. The lowest BCUT2D eigenvalue weighted by molar-refractivity contribution is 0.444. The molecule has 0 heterocycles. The predicted octanol–water partition coefficient (Wildman–Crippen LogP) is 4.51. The van der Waals surface area contributed by atoms with Gasteiger partial charge in [-0.15, -0.1) is 12.4 Å². The molecule has 108 valence electrons. The second kappa shape index (κ2) is 6.78. The van der Waals surface area contributed by atoms with Crippen LogP contribution in [0.15, 0.2) is 24.3 Å². The Morgan fingerprint density at radius 3 is 2.11 bits per heavy atom. The molecule has 1 atom stereocenters. The second-order valence-corrected chi connectivity index (χ2v) is 10.8. The Hall–Kier alpha value is -0.513. The van der Waals surface area contributed by atoms with Crippen LogP contribution in [0.5, 0.6) is 5.75 Å². The molecule has 0 bridgehead atoms. The fourth-order valence-electron chi connectivity index (χ4n) is 2.70. The van der Waals surface area contributed by atoms with Crippen LogP contribution in [-0.2, 0) is 0 Å². The largest absolute Gasteiger partial charge is 0.544 e. The van der Waals surface area contributed by atoms with E-state index in [-0.39, 0.29) is 18.4 Å². The van der Waals surface area contributed by atoms with Gasteiger partial charge in [0.1, 0.15) is 5.75 Å². The number of rotatable bonds is 4. The van der Waals surface area contributed by atoms with Crippen molar-refractivity contribution < 1.29 is 4.43 Å². The fourth-order valence-corrected chi connectivity index (χ4v) is 3.54. The molecule has 1 aromatic carbocycles. The Kier molecular flexibility index (Phi) is 5.90. The third-order valence-electron chi connectivity index (χ3n) is 3.60. The summed E-state index contributed by atoms with van der Waals surface area (Å²) in [4.78, 5) is 0. The normalized spacial score (nSPS) is 17.9. The molecule has 1 aromatic rings. The summed E-state index contributed by atoms with van der Waals surface area (Å²) < 4.78 is 5.96. The summed E-state index contributed by atoms with van der Waals surface area (Å²) in [5.74, 6) is 1.66. The number of hydrogen-bond acceptors (Lipinski definition) is 2. The van der Waals surface area contributed by atoms with E-state index >= 15 is 0 Å². The van der Waals surface area contributed by atoms with Crippen LogP contribution in [0.3, 0.4) is 0 Å². The van der Waals surface area contributed by atoms with Gasteiger partial charge in [0.2, 0.25) is 8.32 Å². The van der Waals surface area contributed by atoms with Crippen LogP contribution in [0.4, 0.5) is 0 Å². The van der Waals surface area contributed by atoms with Gasteiger partial charge in [0.05, 0.1) is 0 Å². The zero-order chi connectivity index (χ0) is 13.2. The molecule has 0 aromatic heterocycles. The lowest BCUT2D eigenvalue weighted by Gasteiger charge is -2.22. The average molecular weight is 300 g/mol. The second-order valence-electron chi connectivity index (χ2n) is 6.35. The van der Waals surface area contributed by atoms with Crippen molar-refractivity contribution in [1.29, 1.82) is 0 Å². The van der Waals surface area contributed by atoms with Gasteiger partial charge in [-0.3, -0.25) is 0 Å². The Morgan fingerprint density at radius 2 is 1.63 bits per heavy atom. The molecule has 2 rings (SSSR count). The minimum Gasteiger partial charge on any atom is -0.544 e. The summed E-state index contributed by atoms with van der Waals surface area (Å²) in [6.45, 7) is 6.60. The van der Waals surface area contributed by atoms with Gasteiger partial charge in [-0.05, 0) is 56.1 Å². The molecule has 2 nitrogen and oxygen atoms in total. The molecule has 19 heavy (non-hydrogen) atoms. The maximum absolute atomic E-state index is 6.35. The van der Waals surface area contributed by atoms with Crippen LogP contribution in [0.1, 0.15) is 37.3 Å². The minimum absolute atomic E-state index is 0. The van der Waals surface area contributed by atoms with E-state index in [1.54, 1.807) is 0 Å². The van der Waals surface area contributed by atoms with Gasteiger partial charge in [-0.1, -0.05) is 25.0 Å².